The van der Waals surface area contributed by atoms with Crippen LogP contribution in [-0.4, -0.2) is 78.6 Å². The molecule has 9 nitrogen and oxygen atoms in total. The summed E-state index contributed by atoms with van der Waals surface area (Å²) in [6.45, 7) is 3.88. The van der Waals surface area contributed by atoms with Crippen LogP contribution >= 0.6 is 0 Å². The number of amides is 2. The van der Waals surface area contributed by atoms with E-state index in [0.717, 1.165) is 11.4 Å². The number of piperazine rings is 1. The smallest absolute Gasteiger partial charge is 0.409 e. The Balaban J connectivity index is 1.62. The SMILES string of the molecule is CCOC(=O)N1CCN(C(=O)c2ccnc(Nc3ccc(N(C)C)cc3)n2)CC1. The molecule has 1 N–H and O–H groups in total. The van der Waals surface area contributed by atoms with Gasteiger partial charge in [-0.3, -0.25) is 4.79 Å². The molecule has 1 fully saturated rings. The number of carbonyl (C=O) groups is 2. The minimum atomic E-state index is -0.339. The molecule has 1 aromatic heterocycles. The minimum absolute atomic E-state index is 0.179. The van der Waals surface area contributed by atoms with Crippen molar-refractivity contribution in [2.24, 2.45) is 0 Å². The standard InChI is InChI=1S/C20H26N6O3/c1-4-29-20(28)26-13-11-25(12-14-26)18(27)17-9-10-21-19(23-17)22-15-5-7-16(8-6-15)24(2)3/h5-10H,4,11-14H2,1-3H3,(H,21,22,23). The zero-order valence-electron chi connectivity index (χ0n) is 17.0. The molecule has 0 radical (unpaired) electrons. The van der Waals surface area contributed by atoms with E-state index in [0.29, 0.717) is 44.4 Å². The lowest BCUT2D eigenvalue weighted by Gasteiger charge is -2.33. The van der Waals surface area contributed by atoms with Crippen LogP contribution in [0.15, 0.2) is 36.5 Å². The maximum absolute atomic E-state index is 12.8. The maximum Gasteiger partial charge on any atom is 0.409 e. The van der Waals surface area contributed by atoms with E-state index < -0.39 is 0 Å². The van der Waals surface area contributed by atoms with Gasteiger partial charge in [0.15, 0.2) is 0 Å². The van der Waals surface area contributed by atoms with Crippen molar-refractivity contribution in [1.82, 2.24) is 19.8 Å². The second-order valence-electron chi connectivity index (χ2n) is 6.81. The largest absolute Gasteiger partial charge is 0.450 e. The number of aromatic nitrogens is 2. The summed E-state index contributed by atoms with van der Waals surface area (Å²) in [5, 5.41) is 3.12. The molecule has 154 valence electrons. The molecule has 9 heteroatoms. The van der Waals surface area contributed by atoms with E-state index in [1.54, 1.807) is 29.0 Å². The maximum atomic E-state index is 12.8. The van der Waals surface area contributed by atoms with Gasteiger partial charge in [0.1, 0.15) is 5.69 Å². The Labute approximate surface area is 170 Å². The summed E-state index contributed by atoms with van der Waals surface area (Å²) in [5.74, 6) is 0.181. The van der Waals surface area contributed by atoms with Gasteiger partial charge in [-0.1, -0.05) is 0 Å². The highest BCUT2D eigenvalue weighted by Gasteiger charge is 2.26. The van der Waals surface area contributed by atoms with Crippen LogP contribution < -0.4 is 10.2 Å². The van der Waals surface area contributed by atoms with Crippen molar-refractivity contribution < 1.29 is 14.3 Å². The molecule has 0 saturated carbocycles. The van der Waals surface area contributed by atoms with E-state index in [4.69, 9.17) is 4.74 Å². The molecule has 1 aliphatic heterocycles. The second kappa shape index (κ2) is 9.22. The minimum Gasteiger partial charge on any atom is -0.450 e. The van der Waals surface area contributed by atoms with Crippen LogP contribution in [0.2, 0.25) is 0 Å². The van der Waals surface area contributed by atoms with Crippen LogP contribution in [-0.2, 0) is 4.74 Å². The zero-order valence-corrected chi connectivity index (χ0v) is 17.0. The first kappa shape index (κ1) is 20.4. The topological polar surface area (TPSA) is 90.9 Å². The molecule has 0 bridgehead atoms. The van der Waals surface area contributed by atoms with Crippen LogP contribution in [0.5, 0.6) is 0 Å². The molecular weight excluding hydrogens is 372 g/mol. The van der Waals surface area contributed by atoms with Gasteiger partial charge in [0.2, 0.25) is 5.95 Å². The fourth-order valence-corrected chi connectivity index (χ4v) is 2.98. The van der Waals surface area contributed by atoms with Crippen LogP contribution in [0.4, 0.5) is 22.1 Å². The summed E-state index contributed by atoms with van der Waals surface area (Å²) < 4.78 is 5.01. The molecule has 0 unspecified atom stereocenters. The number of anilines is 3. The van der Waals surface area contributed by atoms with E-state index in [9.17, 15) is 9.59 Å². The summed E-state index contributed by atoms with van der Waals surface area (Å²) in [6, 6.07) is 9.44. The molecule has 1 aliphatic rings. The number of nitrogens with zero attached hydrogens (tertiary/aromatic N) is 5. The van der Waals surface area contributed by atoms with Crippen LogP contribution in [0.25, 0.3) is 0 Å². The third kappa shape index (κ3) is 5.13. The van der Waals surface area contributed by atoms with E-state index >= 15 is 0 Å². The third-order valence-corrected chi connectivity index (χ3v) is 4.61. The van der Waals surface area contributed by atoms with E-state index in [1.165, 1.54) is 0 Å². The summed E-state index contributed by atoms with van der Waals surface area (Å²) in [7, 11) is 3.96. The van der Waals surface area contributed by atoms with Crippen molar-refractivity contribution >= 4 is 29.3 Å². The molecule has 2 aromatic rings. The molecule has 0 spiro atoms. The molecule has 0 aliphatic carbocycles. The quantitative estimate of drug-likeness (QED) is 0.826. The number of benzene rings is 1. The molecule has 1 aromatic carbocycles. The first-order valence-electron chi connectivity index (χ1n) is 9.56. The highest BCUT2D eigenvalue weighted by Crippen LogP contribution is 2.18. The molecule has 1 saturated heterocycles. The van der Waals surface area contributed by atoms with Gasteiger partial charge in [-0.25, -0.2) is 14.8 Å². The Hall–Kier alpha value is -3.36. The van der Waals surface area contributed by atoms with Crippen molar-refractivity contribution in [2.45, 2.75) is 6.92 Å². The number of carbonyl (C=O) groups excluding carboxylic acids is 2. The highest BCUT2D eigenvalue weighted by atomic mass is 16.6. The summed E-state index contributed by atoms with van der Waals surface area (Å²) in [4.78, 5) is 38.5. The normalized spacial score (nSPS) is 13.8. The van der Waals surface area contributed by atoms with Crippen molar-refractivity contribution in [1.29, 1.82) is 0 Å². The average Bonchev–Trinajstić information content (AvgIpc) is 2.74. The fourth-order valence-electron chi connectivity index (χ4n) is 2.98. The Morgan fingerprint density at radius 2 is 1.72 bits per heavy atom. The Bertz CT molecular complexity index is 848. The van der Waals surface area contributed by atoms with Crippen molar-refractivity contribution in [3.8, 4) is 0 Å². The predicted octanol–water partition coefficient (Wildman–Crippen LogP) is 2.20. The van der Waals surface area contributed by atoms with Gasteiger partial charge in [0.25, 0.3) is 5.91 Å². The van der Waals surface area contributed by atoms with Crippen molar-refractivity contribution in [3.63, 3.8) is 0 Å². The van der Waals surface area contributed by atoms with Crippen LogP contribution in [0, 0.1) is 0 Å². The molecule has 2 heterocycles. The van der Waals surface area contributed by atoms with Gasteiger partial charge in [-0.15, -0.1) is 0 Å². The van der Waals surface area contributed by atoms with Gasteiger partial charge < -0.3 is 24.8 Å². The monoisotopic (exact) mass is 398 g/mol. The zero-order chi connectivity index (χ0) is 20.8. The number of hydrogen-bond donors (Lipinski definition) is 1. The lowest BCUT2D eigenvalue weighted by Crippen LogP contribution is -2.50. The molecule has 3 rings (SSSR count). The second-order valence-corrected chi connectivity index (χ2v) is 6.81. The van der Waals surface area contributed by atoms with E-state index in [-0.39, 0.29) is 12.0 Å². The molecule has 2 amide bonds. The van der Waals surface area contributed by atoms with Gasteiger partial charge in [-0.05, 0) is 37.3 Å². The average molecular weight is 398 g/mol. The highest BCUT2D eigenvalue weighted by molar-refractivity contribution is 5.92. The van der Waals surface area contributed by atoms with Gasteiger partial charge in [-0.2, -0.15) is 0 Å². The Kier molecular flexibility index (Phi) is 6.48. The van der Waals surface area contributed by atoms with Crippen molar-refractivity contribution in [3.05, 3.63) is 42.2 Å². The van der Waals surface area contributed by atoms with E-state index in [1.807, 2.05) is 43.3 Å². The first-order valence-corrected chi connectivity index (χ1v) is 9.56. The predicted molar refractivity (Wildman–Crippen MR) is 111 cm³/mol. The first-order chi connectivity index (χ1) is 14.0. The molecular formula is C20H26N6O3. The number of nitrogens with one attached hydrogen (secondary N) is 1. The number of hydrogen-bond acceptors (Lipinski definition) is 7. The summed E-state index contributed by atoms with van der Waals surface area (Å²) >= 11 is 0. The molecule has 0 atom stereocenters. The van der Waals surface area contributed by atoms with Crippen LogP contribution in [0.1, 0.15) is 17.4 Å². The Morgan fingerprint density at radius 3 is 2.34 bits per heavy atom. The van der Waals surface area contributed by atoms with Crippen LogP contribution in [0.3, 0.4) is 0 Å². The molecule has 29 heavy (non-hydrogen) atoms. The number of rotatable bonds is 5. The lowest BCUT2D eigenvalue weighted by molar-refractivity contribution is 0.0566. The number of ether oxygens (including phenoxy) is 1. The van der Waals surface area contributed by atoms with E-state index in [2.05, 4.69) is 15.3 Å². The summed E-state index contributed by atoms with van der Waals surface area (Å²) in [6.07, 6.45) is 1.22. The Morgan fingerprint density at radius 1 is 1.07 bits per heavy atom. The van der Waals surface area contributed by atoms with Gasteiger partial charge >= 0.3 is 6.09 Å². The summed E-state index contributed by atoms with van der Waals surface area (Å²) in [5.41, 5.74) is 2.24. The lowest BCUT2D eigenvalue weighted by atomic mass is 10.2. The van der Waals surface area contributed by atoms with Gasteiger partial charge in [0, 0.05) is 57.8 Å². The third-order valence-electron chi connectivity index (χ3n) is 4.61. The van der Waals surface area contributed by atoms with Crippen molar-refractivity contribution in [2.75, 3.05) is 57.1 Å². The fraction of sp³-hybridized carbons (Fsp3) is 0.400. The van der Waals surface area contributed by atoms with Gasteiger partial charge in [0.05, 0.1) is 6.61 Å².